The number of allylic oxidation sites excluding steroid dienone is 3. The van der Waals surface area contributed by atoms with Crippen molar-refractivity contribution in [3.05, 3.63) is 24.3 Å². The second kappa shape index (κ2) is 15.1. The van der Waals surface area contributed by atoms with Crippen LogP contribution in [0.15, 0.2) is 24.3 Å². The summed E-state index contributed by atoms with van der Waals surface area (Å²) in [5, 5.41) is 10.1. The van der Waals surface area contributed by atoms with E-state index in [0.29, 0.717) is 5.04 Å². The largest absolute Gasteiger partial charge is 0.417 e. The van der Waals surface area contributed by atoms with Gasteiger partial charge in [0.15, 0.2) is 8.32 Å². The lowest BCUT2D eigenvalue weighted by atomic mass is 10.1. The van der Waals surface area contributed by atoms with Crippen molar-refractivity contribution >= 4 is 8.32 Å². The fraction of sp³-hybridized carbons (Fsp3) is 0.750. The summed E-state index contributed by atoms with van der Waals surface area (Å²) in [4.78, 5) is 0. The Kier molecular flexibility index (Phi) is 14.7. The van der Waals surface area contributed by atoms with Gasteiger partial charge in [0.1, 0.15) is 6.10 Å². The first-order valence-electron chi connectivity index (χ1n) is 10.8. The van der Waals surface area contributed by atoms with Gasteiger partial charge in [-0.3, -0.25) is 0 Å². The van der Waals surface area contributed by atoms with Crippen LogP contribution in [0.1, 0.15) is 85.5 Å². The monoisotopic (exact) mass is 392 g/mol. The van der Waals surface area contributed by atoms with Gasteiger partial charge in [0.2, 0.25) is 0 Å². The quantitative estimate of drug-likeness (QED) is 0.158. The van der Waals surface area contributed by atoms with Crippen LogP contribution in [-0.4, -0.2) is 26.1 Å². The zero-order chi connectivity index (χ0) is 20.6. The third-order valence-corrected chi connectivity index (χ3v) is 9.75. The minimum Gasteiger partial charge on any atom is -0.417 e. The van der Waals surface area contributed by atoms with E-state index in [1.54, 1.807) is 6.08 Å². The van der Waals surface area contributed by atoms with Crippen molar-refractivity contribution in [2.75, 3.05) is 6.61 Å². The maximum atomic E-state index is 9.74. The number of hydrogen-bond acceptors (Lipinski definition) is 2. The molecule has 0 aliphatic carbocycles. The first-order chi connectivity index (χ1) is 12.7. The van der Waals surface area contributed by atoms with Gasteiger partial charge < -0.3 is 9.53 Å². The molecule has 156 valence electrons. The van der Waals surface area contributed by atoms with Crippen molar-refractivity contribution < 1.29 is 9.53 Å². The molecule has 0 aliphatic heterocycles. The number of unbranched alkanes of at least 4 members (excludes halogenated alkanes) is 6. The van der Waals surface area contributed by atoms with Crippen molar-refractivity contribution in [1.82, 2.24) is 0 Å². The van der Waals surface area contributed by atoms with Gasteiger partial charge in [0, 0.05) is 13.0 Å². The molecule has 3 heteroatoms. The molecule has 27 heavy (non-hydrogen) atoms. The summed E-state index contributed by atoms with van der Waals surface area (Å²) >= 11 is 0. The smallest absolute Gasteiger partial charge is 0.191 e. The van der Waals surface area contributed by atoms with Gasteiger partial charge >= 0.3 is 0 Å². The van der Waals surface area contributed by atoms with E-state index < -0.39 is 14.4 Å². The molecule has 1 N–H and O–H groups in total. The van der Waals surface area contributed by atoms with E-state index in [0.717, 1.165) is 32.3 Å². The van der Waals surface area contributed by atoms with Gasteiger partial charge in [-0.1, -0.05) is 77.5 Å². The average molecular weight is 393 g/mol. The van der Waals surface area contributed by atoms with E-state index in [1.165, 1.54) is 32.1 Å². The van der Waals surface area contributed by atoms with E-state index >= 15 is 0 Å². The SMILES string of the molecule is CC/C=C\C/C=C/C(O)C#CCCCCCCCCO[Si](C)(C)C(C)(C)C. The number of aliphatic hydroxyl groups excluding tert-OH is 1. The molecule has 1 atom stereocenters. The van der Waals surface area contributed by atoms with Crippen LogP contribution >= 0.6 is 0 Å². The van der Waals surface area contributed by atoms with E-state index in [-0.39, 0.29) is 0 Å². The molecule has 2 nitrogen and oxygen atoms in total. The van der Waals surface area contributed by atoms with Gasteiger partial charge in [-0.25, -0.2) is 0 Å². The molecule has 0 aromatic heterocycles. The molecule has 0 aromatic rings. The minimum absolute atomic E-state index is 0.309. The fourth-order valence-electron chi connectivity index (χ4n) is 2.34. The Bertz CT molecular complexity index is 475. The zero-order valence-corrected chi connectivity index (χ0v) is 19.8. The molecular formula is C24H44O2Si. The van der Waals surface area contributed by atoms with Crippen LogP contribution in [-0.2, 0) is 4.43 Å². The van der Waals surface area contributed by atoms with E-state index in [9.17, 15) is 5.11 Å². The molecule has 0 aromatic carbocycles. The van der Waals surface area contributed by atoms with Crippen LogP contribution < -0.4 is 0 Å². The molecule has 1 unspecified atom stereocenters. The maximum absolute atomic E-state index is 9.74. The Morgan fingerprint density at radius 2 is 1.59 bits per heavy atom. The van der Waals surface area contributed by atoms with Crippen molar-refractivity contribution in [3.63, 3.8) is 0 Å². The van der Waals surface area contributed by atoms with Crippen molar-refractivity contribution in [3.8, 4) is 11.8 Å². The molecule has 0 saturated carbocycles. The van der Waals surface area contributed by atoms with Gasteiger partial charge in [-0.05, 0) is 49.9 Å². The Morgan fingerprint density at radius 1 is 0.963 bits per heavy atom. The molecule has 0 amide bonds. The van der Waals surface area contributed by atoms with Crippen LogP contribution in [0, 0.1) is 11.8 Å². The van der Waals surface area contributed by atoms with Crippen molar-refractivity contribution in [1.29, 1.82) is 0 Å². The van der Waals surface area contributed by atoms with E-state index in [4.69, 9.17) is 4.43 Å². The van der Waals surface area contributed by atoms with Crippen LogP contribution in [0.25, 0.3) is 0 Å². The van der Waals surface area contributed by atoms with Crippen LogP contribution in [0.5, 0.6) is 0 Å². The normalized spacial score (nSPS) is 13.9. The third-order valence-electron chi connectivity index (χ3n) is 5.21. The molecule has 0 saturated heterocycles. The first-order valence-corrected chi connectivity index (χ1v) is 13.7. The lowest BCUT2D eigenvalue weighted by Gasteiger charge is -2.36. The number of aliphatic hydroxyl groups is 1. The summed E-state index contributed by atoms with van der Waals surface area (Å²) in [6, 6.07) is 0. The summed E-state index contributed by atoms with van der Waals surface area (Å²) in [5.41, 5.74) is 0. The van der Waals surface area contributed by atoms with Crippen LogP contribution in [0.4, 0.5) is 0 Å². The molecule has 0 bridgehead atoms. The number of rotatable bonds is 13. The summed E-state index contributed by atoms with van der Waals surface area (Å²) in [5.74, 6) is 5.99. The van der Waals surface area contributed by atoms with E-state index in [1.807, 2.05) is 6.08 Å². The summed E-state index contributed by atoms with van der Waals surface area (Å²) in [7, 11) is -1.56. The fourth-order valence-corrected chi connectivity index (χ4v) is 3.43. The van der Waals surface area contributed by atoms with Crippen molar-refractivity contribution in [2.45, 2.75) is 110 Å². The molecule has 0 heterocycles. The molecule has 0 radical (unpaired) electrons. The van der Waals surface area contributed by atoms with Gasteiger partial charge in [-0.15, -0.1) is 5.92 Å². The summed E-state index contributed by atoms with van der Waals surface area (Å²) in [6.07, 6.45) is 17.5. The highest BCUT2D eigenvalue weighted by Crippen LogP contribution is 2.36. The highest BCUT2D eigenvalue weighted by Gasteiger charge is 2.36. The molecule has 0 rings (SSSR count). The molecule has 0 aliphatic rings. The topological polar surface area (TPSA) is 29.5 Å². The molecule has 0 fully saturated rings. The molecule has 0 spiro atoms. The summed E-state index contributed by atoms with van der Waals surface area (Å²) < 4.78 is 6.21. The zero-order valence-electron chi connectivity index (χ0n) is 18.8. The minimum atomic E-state index is -1.56. The molecular weight excluding hydrogens is 348 g/mol. The second-order valence-corrected chi connectivity index (χ2v) is 13.6. The lowest BCUT2D eigenvalue weighted by molar-refractivity contribution is 0.277. The predicted octanol–water partition coefficient (Wildman–Crippen LogP) is 7.02. The Morgan fingerprint density at radius 3 is 2.22 bits per heavy atom. The Balaban J connectivity index is 3.59. The van der Waals surface area contributed by atoms with E-state index in [2.05, 4.69) is 64.8 Å². The van der Waals surface area contributed by atoms with Gasteiger partial charge in [-0.2, -0.15) is 0 Å². The number of hydrogen-bond donors (Lipinski definition) is 1. The maximum Gasteiger partial charge on any atom is 0.191 e. The Hall–Kier alpha value is -0.823. The predicted molar refractivity (Wildman–Crippen MR) is 122 cm³/mol. The van der Waals surface area contributed by atoms with Gasteiger partial charge in [0.25, 0.3) is 0 Å². The third kappa shape index (κ3) is 14.9. The van der Waals surface area contributed by atoms with Crippen LogP contribution in [0.2, 0.25) is 18.1 Å². The average Bonchev–Trinajstić information content (AvgIpc) is 2.58. The van der Waals surface area contributed by atoms with Gasteiger partial charge in [0.05, 0.1) is 0 Å². The second-order valence-electron chi connectivity index (χ2n) is 8.79. The highest BCUT2D eigenvalue weighted by molar-refractivity contribution is 6.74. The summed E-state index contributed by atoms with van der Waals surface area (Å²) in [6.45, 7) is 14.6. The highest BCUT2D eigenvalue weighted by atomic mass is 28.4. The first kappa shape index (κ1) is 26.2. The lowest BCUT2D eigenvalue weighted by Crippen LogP contribution is -2.40. The van der Waals surface area contributed by atoms with Crippen molar-refractivity contribution in [2.24, 2.45) is 0 Å². The Labute approximate surface area is 170 Å². The van der Waals surface area contributed by atoms with Crippen LogP contribution in [0.3, 0.4) is 0 Å². The standard InChI is InChI=1S/C24H44O2Si/c1-7-8-9-14-17-20-23(25)21-18-15-12-10-11-13-16-19-22-26-27(5,6)24(2,3)4/h8-9,17,20,23,25H,7,10-16,19,22H2,1-6H3/b9-8-,20-17+.